The van der Waals surface area contributed by atoms with Gasteiger partial charge in [-0.1, -0.05) is 50.8 Å². The highest BCUT2D eigenvalue weighted by Crippen LogP contribution is 2.32. The van der Waals surface area contributed by atoms with Gasteiger partial charge in [-0.3, -0.25) is 10.1 Å². The van der Waals surface area contributed by atoms with Crippen LogP contribution in [0.4, 0.5) is 0 Å². The Kier molecular flexibility index (Phi) is 5.71. The van der Waals surface area contributed by atoms with Gasteiger partial charge in [0.15, 0.2) is 0 Å². The van der Waals surface area contributed by atoms with Crippen molar-refractivity contribution in [3.05, 3.63) is 72.7 Å². The number of H-pyrrole nitrogens is 2. The van der Waals surface area contributed by atoms with Crippen LogP contribution in [0, 0.1) is 5.92 Å². The van der Waals surface area contributed by atoms with Crippen molar-refractivity contribution in [2.75, 3.05) is 0 Å². The average molecular weight is 424 g/mol. The lowest BCUT2D eigenvalue weighted by Gasteiger charge is -2.22. The standard InChI is InChI=1S/C27H29N5/c1-3-18(14-19-8-6-5-7-9-19)15-20(4-2)22-10-11-24-26(30-22)27(32-31-24)25-16-21-17-28-13-12-23(21)29-25/h3-4,10-13,15-17,19,29H,1,5-9,14H2,2H3,(H,31,32)/b18-15+,20-4+. The van der Waals surface area contributed by atoms with Gasteiger partial charge in [0, 0.05) is 23.3 Å². The highest BCUT2D eigenvalue weighted by Gasteiger charge is 2.16. The molecule has 2 N–H and O–H groups in total. The van der Waals surface area contributed by atoms with Crippen LogP contribution in [0.25, 0.3) is 38.9 Å². The summed E-state index contributed by atoms with van der Waals surface area (Å²) in [4.78, 5) is 12.7. The third kappa shape index (κ3) is 4.03. The Labute approximate surface area is 188 Å². The number of nitrogens with zero attached hydrogens (tertiary/aromatic N) is 3. The Morgan fingerprint density at radius 2 is 2.03 bits per heavy atom. The second-order valence-corrected chi connectivity index (χ2v) is 8.69. The maximum atomic E-state index is 5.01. The van der Waals surface area contributed by atoms with Gasteiger partial charge < -0.3 is 4.98 Å². The molecule has 1 aliphatic rings. The summed E-state index contributed by atoms with van der Waals surface area (Å²) in [7, 11) is 0. The second-order valence-electron chi connectivity index (χ2n) is 8.69. The van der Waals surface area contributed by atoms with Gasteiger partial charge in [0.05, 0.1) is 16.9 Å². The predicted molar refractivity (Wildman–Crippen MR) is 132 cm³/mol. The van der Waals surface area contributed by atoms with Gasteiger partial charge in [-0.2, -0.15) is 5.10 Å². The fourth-order valence-electron chi connectivity index (χ4n) is 4.78. The Morgan fingerprint density at radius 1 is 1.16 bits per heavy atom. The van der Waals surface area contributed by atoms with E-state index in [2.05, 4.69) is 64.0 Å². The monoisotopic (exact) mass is 423 g/mol. The lowest BCUT2D eigenvalue weighted by atomic mass is 9.84. The molecule has 0 amide bonds. The average Bonchev–Trinajstić information content (AvgIpc) is 3.45. The highest BCUT2D eigenvalue weighted by molar-refractivity contribution is 5.94. The SMILES string of the molecule is C=C/C(=C\C(=C/C)c1ccc2[nH]nc(-c3cc4cnccc4[nH]3)c2n1)CC1CCCCC1. The third-order valence-corrected chi connectivity index (χ3v) is 6.54. The molecule has 0 radical (unpaired) electrons. The number of aromatic amines is 2. The van der Waals surface area contributed by atoms with Crippen LogP contribution in [0.1, 0.15) is 51.1 Å². The topological polar surface area (TPSA) is 70.2 Å². The van der Waals surface area contributed by atoms with E-state index in [-0.39, 0.29) is 0 Å². The molecule has 0 spiro atoms. The molecule has 5 heteroatoms. The maximum absolute atomic E-state index is 5.01. The second kappa shape index (κ2) is 8.95. The van der Waals surface area contributed by atoms with E-state index < -0.39 is 0 Å². The number of hydrogen-bond donors (Lipinski definition) is 2. The zero-order valence-corrected chi connectivity index (χ0v) is 18.6. The summed E-state index contributed by atoms with van der Waals surface area (Å²) < 4.78 is 0. The normalized spacial score (nSPS) is 16.2. The quantitative estimate of drug-likeness (QED) is 0.328. The van der Waals surface area contributed by atoms with E-state index in [0.717, 1.165) is 56.9 Å². The first-order valence-electron chi connectivity index (χ1n) is 11.5. The largest absolute Gasteiger partial charge is 0.353 e. The summed E-state index contributed by atoms with van der Waals surface area (Å²) in [5.41, 5.74) is 7.94. The zero-order valence-electron chi connectivity index (χ0n) is 18.6. The number of nitrogens with one attached hydrogen (secondary N) is 2. The predicted octanol–water partition coefficient (Wildman–Crippen LogP) is 6.99. The van der Waals surface area contributed by atoms with Crippen LogP contribution in [-0.2, 0) is 0 Å². The van der Waals surface area contributed by atoms with E-state index in [1.807, 2.05) is 18.3 Å². The van der Waals surface area contributed by atoms with Gasteiger partial charge in [-0.05, 0) is 60.8 Å². The minimum atomic E-state index is 0.776. The summed E-state index contributed by atoms with van der Waals surface area (Å²) >= 11 is 0. The number of pyridine rings is 2. The third-order valence-electron chi connectivity index (χ3n) is 6.54. The van der Waals surface area contributed by atoms with Crippen LogP contribution >= 0.6 is 0 Å². The summed E-state index contributed by atoms with van der Waals surface area (Å²) in [6.07, 6.45) is 17.9. The van der Waals surface area contributed by atoms with Gasteiger partial charge >= 0.3 is 0 Å². The Hall–Kier alpha value is -3.47. The molecule has 4 aromatic rings. The summed E-state index contributed by atoms with van der Waals surface area (Å²) in [5.74, 6) is 0.776. The molecular weight excluding hydrogens is 394 g/mol. The molecule has 32 heavy (non-hydrogen) atoms. The zero-order chi connectivity index (χ0) is 21.9. The van der Waals surface area contributed by atoms with E-state index in [1.165, 1.54) is 37.7 Å². The number of rotatable bonds is 6. The van der Waals surface area contributed by atoms with Crippen molar-refractivity contribution in [1.82, 2.24) is 25.1 Å². The number of allylic oxidation sites excluding steroid dienone is 5. The fraction of sp³-hybridized carbons (Fsp3) is 0.296. The molecule has 0 saturated heterocycles. The Bertz CT molecular complexity index is 1280. The molecule has 4 aromatic heterocycles. The van der Waals surface area contributed by atoms with Gasteiger partial charge in [0.2, 0.25) is 0 Å². The minimum Gasteiger partial charge on any atom is -0.353 e. The van der Waals surface area contributed by atoms with Crippen LogP contribution in [0.2, 0.25) is 0 Å². The van der Waals surface area contributed by atoms with Crippen molar-refractivity contribution >= 4 is 27.5 Å². The van der Waals surface area contributed by atoms with Crippen LogP contribution < -0.4 is 0 Å². The van der Waals surface area contributed by atoms with Gasteiger partial charge in [-0.15, -0.1) is 0 Å². The van der Waals surface area contributed by atoms with E-state index in [4.69, 9.17) is 4.98 Å². The first-order chi connectivity index (χ1) is 15.7. The van der Waals surface area contributed by atoms with Gasteiger partial charge in [0.1, 0.15) is 11.2 Å². The van der Waals surface area contributed by atoms with Gasteiger partial charge in [-0.25, -0.2) is 4.98 Å². The molecule has 4 heterocycles. The summed E-state index contributed by atoms with van der Waals surface area (Å²) in [5, 5.41) is 8.73. The smallest absolute Gasteiger partial charge is 0.135 e. The maximum Gasteiger partial charge on any atom is 0.135 e. The summed E-state index contributed by atoms with van der Waals surface area (Å²) in [6, 6.07) is 8.16. The number of aromatic nitrogens is 5. The lowest BCUT2D eigenvalue weighted by molar-refractivity contribution is 0.358. The molecule has 0 aromatic carbocycles. The molecule has 162 valence electrons. The number of fused-ring (bicyclic) bond motifs is 2. The first-order valence-corrected chi connectivity index (χ1v) is 11.5. The van der Waals surface area contributed by atoms with Crippen molar-refractivity contribution < 1.29 is 0 Å². The first kappa shape index (κ1) is 20.4. The summed E-state index contributed by atoms with van der Waals surface area (Å²) in [6.45, 7) is 6.15. The van der Waals surface area contributed by atoms with Gasteiger partial charge in [0.25, 0.3) is 0 Å². The molecule has 1 saturated carbocycles. The molecule has 0 atom stereocenters. The number of hydrogen-bond acceptors (Lipinski definition) is 3. The molecule has 0 unspecified atom stereocenters. The van der Waals surface area contributed by atoms with E-state index in [9.17, 15) is 0 Å². The molecule has 0 bridgehead atoms. The molecule has 1 fully saturated rings. The molecule has 5 rings (SSSR count). The van der Waals surface area contributed by atoms with Crippen molar-refractivity contribution in [3.8, 4) is 11.4 Å². The minimum absolute atomic E-state index is 0.776. The van der Waals surface area contributed by atoms with E-state index in [0.29, 0.717) is 0 Å². The van der Waals surface area contributed by atoms with Crippen molar-refractivity contribution in [2.45, 2.75) is 45.4 Å². The molecule has 0 aliphatic heterocycles. The molecule has 5 nitrogen and oxygen atoms in total. The van der Waals surface area contributed by atoms with Crippen LogP contribution in [-0.4, -0.2) is 25.1 Å². The van der Waals surface area contributed by atoms with Crippen molar-refractivity contribution in [1.29, 1.82) is 0 Å². The van der Waals surface area contributed by atoms with Crippen LogP contribution in [0.15, 0.2) is 67.0 Å². The lowest BCUT2D eigenvalue weighted by Crippen LogP contribution is -2.06. The van der Waals surface area contributed by atoms with Crippen molar-refractivity contribution in [2.24, 2.45) is 5.92 Å². The van der Waals surface area contributed by atoms with E-state index >= 15 is 0 Å². The van der Waals surface area contributed by atoms with Crippen LogP contribution in [0.3, 0.4) is 0 Å². The van der Waals surface area contributed by atoms with Crippen molar-refractivity contribution in [3.63, 3.8) is 0 Å². The fourth-order valence-corrected chi connectivity index (χ4v) is 4.78. The Balaban J connectivity index is 1.49. The molecular formula is C27H29N5. The van der Waals surface area contributed by atoms with E-state index in [1.54, 1.807) is 6.20 Å². The molecule has 1 aliphatic carbocycles. The highest BCUT2D eigenvalue weighted by atomic mass is 15.1. The Morgan fingerprint density at radius 3 is 2.81 bits per heavy atom. The van der Waals surface area contributed by atoms with Crippen LogP contribution in [0.5, 0.6) is 0 Å².